The van der Waals surface area contributed by atoms with Crippen molar-refractivity contribution in [1.82, 2.24) is 0 Å². The maximum atomic E-state index is 8.59. The molecular formula is C26H34O3. The molecule has 0 saturated heterocycles. The number of aliphatic hydroxyl groups excluding tert-OH is 3. The van der Waals surface area contributed by atoms with Crippen molar-refractivity contribution in [2.24, 2.45) is 0 Å². The summed E-state index contributed by atoms with van der Waals surface area (Å²) in [6, 6.07) is 25.6. The fourth-order valence-corrected chi connectivity index (χ4v) is 3.29. The zero-order valence-corrected chi connectivity index (χ0v) is 18.0. The Balaban J connectivity index is 0.000000248. The Labute approximate surface area is 175 Å². The highest BCUT2D eigenvalue weighted by atomic mass is 16.3. The molecule has 0 heterocycles. The van der Waals surface area contributed by atoms with E-state index in [0.717, 1.165) is 13.5 Å². The van der Waals surface area contributed by atoms with Crippen molar-refractivity contribution in [3.05, 3.63) is 95.1 Å². The third-order valence-corrected chi connectivity index (χ3v) is 4.67. The second-order valence-electron chi connectivity index (χ2n) is 6.67. The van der Waals surface area contributed by atoms with E-state index < -0.39 is 0 Å². The van der Waals surface area contributed by atoms with E-state index in [1.54, 1.807) is 6.92 Å². The van der Waals surface area contributed by atoms with Gasteiger partial charge in [-0.1, -0.05) is 85.3 Å². The molecule has 0 unspecified atom stereocenters. The molecule has 0 aromatic heterocycles. The maximum Gasteiger partial charge on any atom is 0.0471 e. The average molecular weight is 395 g/mol. The first-order valence-corrected chi connectivity index (χ1v) is 10.0. The van der Waals surface area contributed by atoms with Crippen molar-refractivity contribution < 1.29 is 15.3 Å². The molecule has 4 rings (SSSR count). The van der Waals surface area contributed by atoms with Crippen LogP contribution in [0, 0.1) is 6.92 Å². The fraction of sp³-hybridized carbons (Fsp3) is 0.308. The molecule has 156 valence electrons. The molecule has 3 N–H and O–H groups in total. The van der Waals surface area contributed by atoms with Gasteiger partial charge in [-0.15, -0.1) is 0 Å². The van der Waals surface area contributed by atoms with Gasteiger partial charge in [0.05, 0.1) is 0 Å². The van der Waals surface area contributed by atoms with Crippen LogP contribution in [0.3, 0.4) is 0 Å². The van der Waals surface area contributed by atoms with Crippen LogP contribution in [0.4, 0.5) is 0 Å². The molecule has 3 aromatic rings. The summed E-state index contributed by atoms with van der Waals surface area (Å²) in [5, 5.41) is 23.2. The van der Waals surface area contributed by atoms with Crippen LogP contribution in [-0.2, 0) is 6.42 Å². The average Bonchev–Trinajstić information content (AvgIpc) is 3.06. The standard InChI is InChI=1S/C14H12.C9H12O.C2H6O.CH4O/c1-10-11-6-2-4-8-13(11)14-9-5-3-7-12(10)14;1-8-2-4-9(5-3-8)6-7-10;1-2-3;1-2/h2-10H,1H3;2-5,10H,6-7H2,1H3;3H,2H2,1H3;2H,1H3. The van der Waals surface area contributed by atoms with E-state index in [0.29, 0.717) is 5.92 Å². The summed E-state index contributed by atoms with van der Waals surface area (Å²) >= 11 is 0. The van der Waals surface area contributed by atoms with Gasteiger partial charge in [-0.25, -0.2) is 0 Å². The number of benzene rings is 3. The summed E-state index contributed by atoms with van der Waals surface area (Å²) in [6.45, 7) is 6.51. The molecule has 0 fully saturated rings. The molecular weight excluding hydrogens is 360 g/mol. The summed E-state index contributed by atoms with van der Waals surface area (Å²) in [6.07, 6.45) is 0.764. The lowest BCUT2D eigenvalue weighted by molar-refractivity contribution is 0.299. The second kappa shape index (κ2) is 13.7. The third kappa shape index (κ3) is 7.13. The Hall–Kier alpha value is -2.46. The largest absolute Gasteiger partial charge is 0.400 e. The van der Waals surface area contributed by atoms with Gasteiger partial charge in [0.2, 0.25) is 0 Å². The second-order valence-corrected chi connectivity index (χ2v) is 6.67. The smallest absolute Gasteiger partial charge is 0.0471 e. The van der Waals surface area contributed by atoms with E-state index in [2.05, 4.69) is 74.5 Å². The summed E-state index contributed by atoms with van der Waals surface area (Å²) in [7, 11) is 1.00. The molecule has 3 heteroatoms. The summed E-state index contributed by atoms with van der Waals surface area (Å²) in [5.41, 5.74) is 8.23. The zero-order chi connectivity index (χ0) is 21.6. The van der Waals surface area contributed by atoms with Gasteiger partial charge in [-0.05, 0) is 48.1 Å². The predicted molar refractivity (Wildman–Crippen MR) is 122 cm³/mol. The molecule has 0 radical (unpaired) electrons. The van der Waals surface area contributed by atoms with Gasteiger partial charge in [-0.3, -0.25) is 0 Å². The SMILES string of the molecule is CC1c2ccccc2-c2ccccc21.CCO.CO.Cc1ccc(CCO)cc1. The molecule has 1 aliphatic rings. The minimum atomic E-state index is 0.239. The highest BCUT2D eigenvalue weighted by Crippen LogP contribution is 2.43. The lowest BCUT2D eigenvalue weighted by atomic mass is 10.00. The van der Waals surface area contributed by atoms with Crippen molar-refractivity contribution in [1.29, 1.82) is 0 Å². The first kappa shape index (κ1) is 24.6. The number of aryl methyl sites for hydroxylation is 1. The lowest BCUT2D eigenvalue weighted by Gasteiger charge is -2.04. The van der Waals surface area contributed by atoms with E-state index in [1.807, 2.05) is 12.1 Å². The number of hydrogen-bond acceptors (Lipinski definition) is 3. The Morgan fingerprint density at radius 3 is 1.55 bits per heavy atom. The Bertz CT molecular complexity index is 780. The van der Waals surface area contributed by atoms with Crippen molar-refractivity contribution >= 4 is 0 Å². The van der Waals surface area contributed by atoms with Gasteiger partial charge >= 0.3 is 0 Å². The van der Waals surface area contributed by atoms with Crippen LogP contribution in [0.5, 0.6) is 0 Å². The van der Waals surface area contributed by atoms with E-state index in [9.17, 15) is 0 Å². The van der Waals surface area contributed by atoms with E-state index in [1.165, 1.54) is 33.4 Å². The number of rotatable bonds is 2. The normalized spacial score (nSPS) is 10.9. The fourth-order valence-electron chi connectivity index (χ4n) is 3.29. The first-order valence-electron chi connectivity index (χ1n) is 10.0. The molecule has 0 atom stereocenters. The number of fused-ring (bicyclic) bond motifs is 3. The molecule has 0 amide bonds. The van der Waals surface area contributed by atoms with Crippen LogP contribution in [0.1, 0.15) is 42.0 Å². The van der Waals surface area contributed by atoms with Crippen molar-refractivity contribution in [2.75, 3.05) is 20.3 Å². The summed E-state index contributed by atoms with van der Waals surface area (Å²) in [4.78, 5) is 0. The van der Waals surface area contributed by atoms with E-state index in [4.69, 9.17) is 15.3 Å². The third-order valence-electron chi connectivity index (χ3n) is 4.67. The van der Waals surface area contributed by atoms with Gasteiger partial charge in [-0.2, -0.15) is 0 Å². The maximum absolute atomic E-state index is 8.59. The molecule has 3 aromatic carbocycles. The predicted octanol–water partition coefficient (Wildman–Crippen LogP) is 4.96. The van der Waals surface area contributed by atoms with Gasteiger partial charge in [0.25, 0.3) is 0 Å². The Kier molecular flexibility index (Phi) is 11.6. The highest BCUT2D eigenvalue weighted by Gasteiger charge is 2.23. The highest BCUT2D eigenvalue weighted by molar-refractivity contribution is 5.78. The van der Waals surface area contributed by atoms with Crippen molar-refractivity contribution in [2.45, 2.75) is 33.1 Å². The Morgan fingerprint density at radius 1 is 0.724 bits per heavy atom. The quantitative estimate of drug-likeness (QED) is 0.576. The van der Waals surface area contributed by atoms with Crippen LogP contribution in [0.25, 0.3) is 11.1 Å². The Morgan fingerprint density at radius 2 is 1.14 bits per heavy atom. The monoisotopic (exact) mass is 394 g/mol. The molecule has 29 heavy (non-hydrogen) atoms. The van der Waals surface area contributed by atoms with Gasteiger partial charge in [0.15, 0.2) is 0 Å². The van der Waals surface area contributed by atoms with Crippen molar-refractivity contribution in [3.8, 4) is 11.1 Å². The molecule has 0 aliphatic heterocycles. The molecule has 1 aliphatic carbocycles. The van der Waals surface area contributed by atoms with Gasteiger partial charge in [0.1, 0.15) is 0 Å². The number of hydrogen-bond donors (Lipinski definition) is 3. The minimum Gasteiger partial charge on any atom is -0.400 e. The van der Waals surface area contributed by atoms with Crippen LogP contribution >= 0.6 is 0 Å². The van der Waals surface area contributed by atoms with Crippen LogP contribution in [0.15, 0.2) is 72.8 Å². The minimum absolute atomic E-state index is 0.239. The van der Waals surface area contributed by atoms with Crippen LogP contribution in [0.2, 0.25) is 0 Å². The number of aliphatic hydroxyl groups is 3. The topological polar surface area (TPSA) is 60.7 Å². The first-order chi connectivity index (χ1) is 14.1. The molecule has 3 nitrogen and oxygen atoms in total. The van der Waals surface area contributed by atoms with E-state index >= 15 is 0 Å². The molecule has 0 saturated carbocycles. The summed E-state index contributed by atoms with van der Waals surface area (Å²) < 4.78 is 0. The van der Waals surface area contributed by atoms with Gasteiger partial charge < -0.3 is 15.3 Å². The van der Waals surface area contributed by atoms with Crippen LogP contribution < -0.4 is 0 Å². The zero-order valence-electron chi connectivity index (χ0n) is 18.0. The summed E-state index contributed by atoms with van der Waals surface area (Å²) in [5.74, 6) is 0.558. The molecule has 0 spiro atoms. The van der Waals surface area contributed by atoms with Gasteiger partial charge in [0, 0.05) is 26.2 Å². The van der Waals surface area contributed by atoms with E-state index in [-0.39, 0.29) is 13.2 Å². The lowest BCUT2D eigenvalue weighted by Crippen LogP contribution is -1.89. The molecule has 0 bridgehead atoms. The van der Waals surface area contributed by atoms with Crippen LogP contribution in [-0.4, -0.2) is 35.6 Å². The van der Waals surface area contributed by atoms with Crippen molar-refractivity contribution in [3.63, 3.8) is 0 Å².